The first-order valence-electron chi connectivity index (χ1n) is 4.32. The highest BCUT2D eigenvalue weighted by atomic mass is 17.1. The molecular weight excluding hydrogens is 132 g/mol. The molecule has 0 radical (unpaired) electrons. The Bertz CT molecular complexity index is 192. The van der Waals surface area contributed by atoms with Gasteiger partial charge in [-0.3, -0.25) is 5.26 Å². The van der Waals surface area contributed by atoms with E-state index >= 15 is 0 Å². The zero-order valence-electron chi connectivity index (χ0n) is 9.09. The van der Waals surface area contributed by atoms with Gasteiger partial charge in [-0.15, -0.1) is 0 Å². The average molecular weight is 149 g/mol. The Hall–Kier alpha value is -0.380. The molecule has 10 heavy (non-hydrogen) atoms. The quantitative estimate of drug-likeness (QED) is 0.360. The maximum absolute atomic E-state index is 9.42. The van der Waals surface area contributed by atoms with Crippen molar-refractivity contribution >= 4 is 0 Å². The van der Waals surface area contributed by atoms with E-state index in [0.717, 1.165) is 0 Å². The average Bonchev–Trinajstić information content (AvgIpc) is 1.83. The SMILES string of the molecule is [2H]C([2H])([2H])C(=C)C(OO)C(C)(C)O. The van der Waals surface area contributed by atoms with Crippen molar-refractivity contribution in [2.75, 3.05) is 0 Å². The van der Waals surface area contributed by atoms with Crippen LogP contribution in [0.1, 0.15) is 24.8 Å². The van der Waals surface area contributed by atoms with Crippen LogP contribution in [0.4, 0.5) is 0 Å². The minimum absolute atomic E-state index is 0.331. The molecule has 0 aliphatic heterocycles. The molecule has 0 heterocycles. The van der Waals surface area contributed by atoms with Gasteiger partial charge in [0.15, 0.2) is 0 Å². The molecule has 0 saturated heterocycles. The molecule has 0 aromatic carbocycles. The van der Waals surface area contributed by atoms with E-state index in [1.54, 1.807) is 0 Å². The van der Waals surface area contributed by atoms with Crippen LogP contribution in [-0.2, 0) is 4.89 Å². The summed E-state index contributed by atoms with van der Waals surface area (Å²) in [6.45, 7) is 3.45. The number of hydrogen-bond acceptors (Lipinski definition) is 3. The van der Waals surface area contributed by atoms with Crippen molar-refractivity contribution < 1.29 is 19.4 Å². The molecule has 1 atom stereocenters. The zero-order chi connectivity index (χ0) is 10.9. The molecule has 0 rings (SSSR count). The summed E-state index contributed by atoms with van der Waals surface area (Å²) in [5.41, 5.74) is -1.82. The summed E-state index contributed by atoms with van der Waals surface area (Å²) in [7, 11) is 0. The molecule has 3 nitrogen and oxygen atoms in total. The molecule has 0 saturated carbocycles. The third-order valence-electron chi connectivity index (χ3n) is 1.06. The molecule has 0 aliphatic carbocycles. The van der Waals surface area contributed by atoms with Gasteiger partial charge in [0.05, 0.1) is 5.60 Å². The lowest BCUT2D eigenvalue weighted by Gasteiger charge is -2.26. The van der Waals surface area contributed by atoms with Crippen LogP contribution >= 0.6 is 0 Å². The first kappa shape index (κ1) is 5.29. The van der Waals surface area contributed by atoms with Crippen LogP contribution in [0.25, 0.3) is 0 Å². The highest BCUT2D eigenvalue weighted by Gasteiger charge is 2.28. The van der Waals surface area contributed by atoms with Gasteiger partial charge in [-0.05, 0) is 26.3 Å². The Labute approximate surface area is 65.1 Å². The smallest absolute Gasteiger partial charge is 0.141 e. The van der Waals surface area contributed by atoms with Crippen LogP contribution < -0.4 is 0 Å². The van der Waals surface area contributed by atoms with Crippen molar-refractivity contribution in [2.24, 2.45) is 0 Å². The number of aliphatic hydroxyl groups is 1. The second kappa shape index (κ2) is 3.14. The van der Waals surface area contributed by atoms with E-state index in [-0.39, 0.29) is 5.57 Å². The second-order valence-corrected chi connectivity index (χ2v) is 2.66. The number of rotatable bonds is 3. The molecule has 0 bridgehead atoms. The zero-order valence-corrected chi connectivity index (χ0v) is 6.09. The van der Waals surface area contributed by atoms with Crippen LogP contribution in [0, 0.1) is 0 Å². The van der Waals surface area contributed by atoms with E-state index in [2.05, 4.69) is 11.5 Å². The Morgan fingerprint density at radius 1 is 1.80 bits per heavy atom. The van der Waals surface area contributed by atoms with Crippen molar-refractivity contribution in [1.29, 1.82) is 0 Å². The fraction of sp³-hybridized carbons (Fsp3) is 0.714. The van der Waals surface area contributed by atoms with Crippen LogP contribution in [-0.4, -0.2) is 22.1 Å². The molecule has 0 fully saturated rings. The summed E-state index contributed by atoms with van der Waals surface area (Å²) in [5, 5.41) is 17.8. The summed E-state index contributed by atoms with van der Waals surface area (Å²) in [5.74, 6) is 0. The minimum atomic E-state index is -2.45. The van der Waals surface area contributed by atoms with Gasteiger partial charge in [-0.2, -0.15) is 0 Å². The van der Waals surface area contributed by atoms with Gasteiger partial charge in [-0.25, -0.2) is 4.89 Å². The molecule has 1 unspecified atom stereocenters. The molecule has 0 aromatic heterocycles. The van der Waals surface area contributed by atoms with E-state index in [1.165, 1.54) is 13.8 Å². The van der Waals surface area contributed by atoms with E-state index in [4.69, 9.17) is 9.37 Å². The molecular formula is C7H14O3. The highest BCUT2D eigenvalue weighted by molar-refractivity contribution is 5.04. The molecule has 0 aromatic rings. The van der Waals surface area contributed by atoms with Crippen molar-refractivity contribution in [2.45, 2.75) is 32.4 Å². The van der Waals surface area contributed by atoms with Crippen LogP contribution in [0.15, 0.2) is 12.2 Å². The predicted molar refractivity (Wildman–Crippen MR) is 38.6 cm³/mol. The molecule has 60 valence electrons. The highest BCUT2D eigenvalue weighted by Crippen LogP contribution is 2.17. The first-order chi connectivity index (χ1) is 5.60. The van der Waals surface area contributed by atoms with E-state index < -0.39 is 18.6 Å². The number of hydrogen-bond donors (Lipinski definition) is 2. The fourth-order valence-electron chi connectivity index (χ4n) is 0.619. The van der Waals surface area contributed by atoms with Crippen molar-refractivity contribution in [3.8, 4) is 0 Å². The fourth-order valence-corrected chi connectivity index (χ4v) is 0.619. The van der Waals surface area contributed by atoms with Gasteiger partial charge in [0.1, 0.15) is 6.10 Å². The van der Waals surface area contributed by atoms with Crippen molar-refractivity contribution in [3.05, 3.63) is 12.2 Å². The van der Waals surface area contributed by atoms with E-state index in [0.29, 0.717) is 0 Å². The summed E-state index contributed by atoms with van der Waals surface area (Å²) >= 11 is 0. The van der Waals surface area contributed by atoms with Gasteiger partial charge >= 0.3 is 0 Å². The largest absolute Gasteiger partial charge is 0.387 e. The molecule has 0 aliphatic rings. The lowest BCUT2D eigenvalue weighted by atomic mass is 9.97. The predicted octanol–water partition coefficient (Wildman–Crippen LogP) is 1.19. The van der Waals surface area contributed by atoms with Gasteiger partial charge in [0, 0.05) is 4.11 Å². The Morgan fingerprint density at radius 2 is 2.30 bits per heavy atom. The maximum atomic E-state index is 9.42. The Kier molecular flexibility index (Phi) is 1.66. The van der Waals surface area contributed by atoms with Gasteiger partial charge in [0.2, 0.25) is 0 Å². The van der Waals surface area contributed by atoms with E-state index in [9.17, 15) is 5.11 Å². The Balaban J connectivity index is 4.72. The second-order valence-electron chi connectivity index (χ2n) is 2.66. The van der Waals surface area contributed by atoms with Crippen molar-refractivity contribution in [3.63, 3.8) is 0 Å². The summed E-state index contributed by atoms with van der Waals surface area (Å²) in [6.07, 6.45) is -1.32. The van der Waals surface area contributed by atoms with Crippen LogP contribution in [0.5, 0.6) is 0 Å². The van der Waals surface area contributed by atoms with Gasteiger partial charge in [-0.1, -0.05) is 6.58 Å². The molecule has 2 N–H and O–H groups in total. The topological polar surface area (TPSA) is 49.7 Å². The van der Waals surface area contributed by atoms with Crippen molar-refractivity contribution in [1.82, 2.24) is 0 Å². The van der Waals surface area contributed by atoms with Gasteiger partial charge in [0.25, 0.3) is 0 Å². The maximum Gasteiger partial charge on any atom is 0.141 e. The third kappa shape index (κ3) is 2.47. The Morgan fingerprint density at radius 3 is 2.40 bits per heavy atom. The first-order valence-corrected chi connectivity index (χ1v) is 2.82. The summed E-state index contributed by atoms with van der Waals surface area (Å²) in [4.78, 5) is 3.89. The van der Waals surface area contributed by atoms with E-state index in [1.807, 2.05) is 0 Å². The standard InChI is InChI=1S/C7H14O3/c1-5(2)6(10-9)7(3,4)8/h6,8-9H,1H2,2-4H3/i2D3. The molecule has 0 spiro atoms. The van der Waals surface area contributed by atoms with Crippen LogP contribution in [0.2, 0.25) is 0 Å². The molecule has 0 amide bonds. The monoisotopic (exact) mass is 149 g/mol. The minimum Gasteiger partial charge on any atom is -0.387 e. The summed E-state index contributed by atoms with van der Waals surface area (Å²) < 4.78 is 20.9. The van der Waals surface area contributed by atoms with Crippen LogP contribution in [0.3, 0.4) is 0 Å². The molecule has 3 heteroatoms. The normalized spacial score (nSPS) is 20.6. The lowest BCUT2D eigenvalue weighted by Crippen LogP contribution is -2.38. The van der Waals surface area contributed by atoms with Gasteiger partial charge < -0.3 is 5.11 Å². The third-order valence-corrected chi connectivity index (χ3v) is 1.06. The summed E-state index contributed by atoms with van der Waals surface area (Å²) in [6, 6.07) is 0. The lowest BCUT2D eigenvalue weighted by molar-refractivity contribution is -0.298.